The van der Waals surface area contributed by atoms with Crippen LogP contribution < -0.4 is 5.73 Å². The summed E-state index contributed by atoms with van der Waals surface area (Å²) in [7, 11) is 0. The summed E-state index contributed by atoms with van der Waals surface area (Å²) in [5, 5.41) is 8.88. The molecule has 6 heteroatoms. The Morgan fingerprint density at radius 3 is 2.75 bits per heavy atom. The second-order valence-electron chi connectivity index (χ2n) is 3.91. The maximum absolute atomic E-state index is 10.8. The summed E-state index contributed by atoms with van der Waals surface area (Å²) >= 11 is 6.62. The van der Waals surface area contributed by atoms with Gasteiger partial charge in [-0.05, 0) is 41.9 Å². The smallest absolute Gasteiger partial charge is 0.321 e. The van der Waals surface area contributed by atoms with E-state index in [1.165, 1.54) is 4.88 Å². The lowest BCUT2D eigenvalue weighted by atomic mass is 10.1. The van der Waals surface area contributed by atoms with Crippen LogP contribution in [-0.2, 0) is 10.5 Å². The van der Waals surface area contributed by atoms with Crippen molar-refractivity contribution in [3.8, 4) is 0 Å². The molecule has 90 valence electrons. The molecule has 0 fully saturated rings. The number of hydrogen-bond acceptors (Lipinski definition) is 4. The van der Waals surface area contributed by atoms with Crippen molar-refractivity contribution in [2.24, 2.45) is 5.73 Å². The molecule has 0 radical (unpaired) electrons. The fourth-order valence-electron chi connectivity index (χ4n) is 1.07. The summed E-state index contributed by atoms with van der Waals surface area (Å²) in [6.07, 6.45) is 0. The van der Waals surface area contributed by atoms with E-state index in [9.17, 15) is 4.79 Å². The van der Waals surface area contributed by atoms with E-state index in [1.54, 1.807) is 23.1 Å². The molecule has 3 N–H and O–H groups in total. The number of halogens is 1. The molecule has 0 aliphatic rings. The van der Waals surface area contributed by atoms with Gasteiger partial charge in [-0.3, -0.25) is 4.79 Å². The number of carboxylic acid groups (broad SMARTS) is 1. The fraction of sp³-hybridized carbons (Fsp3) is 0.500. The van der Waals surface area contributed by atoms with Gasteiger partial charge >= 0.3 is 5.97 Å². The maximum atomic E-state index is 10.8. The van der Waals surface area contributed by atoms with Gasteiger partial charge < -0.3 is 10.8 Å². The van der Waals surface area contributed by atoms with Crippen LogP contribution in [0.1, 0.15) is 18.7 Å². The summed E-state index contributed by atoms with van der Waals surface area (Å²) in [4.78, 5) is 12.0. The van der Waals surface area contributed by atoms with E-state index in [2.05, 4.69) is 15.9 Å². The highest BCUT2D eigenvalue weighted by atomic mass is 79.9. The van der Waals surface area contributed by atoms with Crippen molar-refractivity contribution < 1.29 is 9.90 Å². The zero-order valence-corrected chi connectivity index (χ0v) is 12.3. The van der Waals surface area contributed by atoms with E-state index in [4.69, 9.17) is 10.8 Å². The molecule has 0 unspecified atom stereocenters. The molecule has 0 aliphatic heterocycles. The normalized spacial score (nSPS) is 13.8. The Balaban J connectivity index is 2.57. The number of thioether (sulfide) groups is 1. The molecule has 1 rings (SSSR count). The van der Waals surface area contributed by atoms with Crippen molar-refractivity contribution in [3.63, 3.8) is 0 Å². The first-order chi connectivity index (χ1) is 7.33. The first-order valence-electron chi connectivity index (χ1n) is 4.69. The third kappa shape index (κ3) is 3.76. The molecule has 0 saturated heterocycles. The van der Waals surface area contributed by atoms with Crippen LogP contribution in [0.4, 0.5) is 0 Å². The van der Waals surface area contributed by atoms with Gasteiger partial charge in [0, 0.05) is 15.4 Å². The molecule has 1 aromatic heterocycles. The molecule has 0 saturated carbocycles. The van der Waals surface area contributed by atoms with Crippen LogP contribution in [0, 0.1) is 0 Å². The first kappa shape index (κ1) is 14.0. The van der Waals surface area contributed by atoms with E-state index in [-0.39, 0.29) is 0 Å². The minimum absolute atomic E-state index is 0.470. The molecule has 0 aromatic carbocycles. The van der Waals surface area contributed by atoms with Crippen LogP contribution in [-0.4, -0.2) is 21.9 Å². The van der Waals surface area contributed by atoms with Gasteiger partial charge in [-0.15, -0.1) is 23.1 Å². The topological polar surface area (TPSA) is 63.3 Å². The highest BCUT2D eigenvalue weighted by Crippen LogP contribution is 2.33. The highest BCUT2D eigenvalue weighted by molar-refractivity contribution is 9.11. The molecular weight excluding hydrogens is 310 g/mol. The summed E-state index contributed by atoms with van der Waals surface area (Å²) in [6.45, 7) is 3.72. The Bertz CT molecular complexity index is 379. The third-order valence-electron chi connectivity index (χ3n) is 2.23. The van der Waals surface area contributed by atoms with Crippen LogP contribution in [0.15, 0.2) is 15.9 Å². The van der Waals surface area contributed by atoms with Gasteiger partial charge in [0.25, 0.3) is 0 Å². The van der Waals surface area contributed by atoms with E-state index >= 15 is 0 Å². The zero-order chi connectivity index (χ0) is 12.3. The van der Waals surface area contributed by atoms with Gasteiger partial charge in [-0.2, -0.15) is 0 Å². The van der Waals surface area contributed by atoms with E-state index in [1.807, 2.05) is 26.0 Å². The number of thiophene rings is 1. The van der Waals surface area contributed by atoms with E-state index in [0.717, 1.165) is 9.54 Å². The largest absolute Gasteiger partial charge is 0.480 e. The molecule has 1 heterocycles. The lowest BCUT2D eigenvalue weighted by Gasteiger charge is -2.27. The second-order valence-corrected chi connectivity index (χ2v) is 8.09. The van der Waals surface area contributed by atoms with Gasteiger partial charge in [0.2, 0.25) is 0 Å². The summed E-state index contributed by atoms with van der Waals surface area (Å²) < 4.78 is 0.617. The Morgan fingerprint density at radius 1 is 1.69 bits per heavy atom. The van der Waals surface area contributed by atoms with Crippen molar-refractivity contribution in [3.05, 3.63) is 20.8 Å². The van der Waals surface area contributed by atoms with Gasteiger partial charge in [-0.1, -0.05) is 0 Å². The minimum atomic E-state index is -0.954. The van der Waals surface area contributed by atoms with Crippen LogP contribution in [0.25, 0.3) is 0 Å². The van der Waals surface area contributed by atoms with E-state index < -0.39 is 16.8 Å². The molecule has 1 aromatic rings. The van der Waals surface area contributed by atoms with Crippen LogP contribution >= 0.6 is 39.0 Å². The molecule has 3 nitrogen and oxygen atoms in total. The number of carbonyl (C=O) groups is 1. The lowest BCUT2D eigenvalue weighted by Crippen LogP contribution is -2.46. The van der Waals surface area contributed by atoms with Crippen molar-refractivity contribution >= 4 is 45.0 Å². The minimum Gasteiger partial charge on any atom is -0.480 e. The van der Waals surface area contributed by atoms with Crippen LogP contribution in [0.2, 0.25) is 0 Å². The Kier molecular flexibility index (Phi) is 4.85. The van der Waals surface area contributed by atoms with Crippen molar-refractivity contribution in [2.75, 3.05) is 0 Å². The molecule has 0 bridgehead atoms. The third-order valence-corrected chi connectivity index (χ3v) is 5.49. The average molecular weight is 324 g/mol. The summed E-state index contributed by atoms with van der Waals surface area (Å²) in [5.41, 5.74) is 5.64. The van der Waals surface area contributed by atoms with Crippen LogP contribution in [0.3, 0.4) is 0 Å². The Morgan fingerprint density at radius 2 is 2.31 bits per heavy atom. The van der Waals surface area contributed by atoms with Crippen molar-refractivity contribution in [2.45, 2.75) is 30.4 Å². The van der Waals surface area contributed by atoms with Gasteiger partial charge in [0.05, 0.1) is 3.79 Å². The number of carboxylic acids is 1. The predicted molar refractivity (Wildman–Crippen MR) is 73.0 cm³/mol. The fourth-order valence-corrected chi connectivity index (χ4v) is 3.66. The maximum Gasteiger partial charge on any atom is 0.321 e. The lowest BCUT2D eigenvalue weighted by molar-refractivity contribution is -0.139. The summed E-state index contributed by atoms with van der Waals surface area (Å²) in [6, 6.07) is 3.18. The van der Waals surface area contributed by atoms with Crippen molar-refractivity contribution in [1.29, 1.82) is 0 Å². The molecule has 0 spiro atoms. The zero-order valence-electron chi connectivity index (χ0n) is 9.07. The molecule has 0 amide bonds. The quantitative estimate of drug-likeness (QED) is 0.874. The second kappa shape index (κ2) is 5.53. The summed E-state index contributed by atoms with van der Waals surface area (Å²) in [5.74, 6) is -0.172. The molecular formula is C10H14BrNO2S2. The number of hydrogen-bond donors (Lipinski definition) is 2. The number of aliphatic carboxylic acids is 1. The molecule has 1 atom stereocenters. The van der Waals surface area contributed by atoms with Gasteiger partial charge in [0.1, 0.15) is 6.04 Å². The van der Waals surface area contributed by atoms with Crippen LogP contribution in [0.5, 0.6) is 0 Å². The number of nitrogens with two attached hydrogens (primary N) is 1. The van der Waals surface area contributed by atoms with E-state index in [0.29, 0.717) is 0 Å². The van der Waals surface area contributed by atoms with Gasteiger partial charge in [-0.25, -0.2) is 0 Å². The average Bonchev–Trinajstić information content (AvgIpc) is 2.60. The Hall–Kier alpha value is -0.0400. The number of rotatable bonds is 5. The molecule has 0 aliphatic carbocycles. The Labute approximate surface area is 112 Å². The standard InChI is InChI=1S/C10H14BrNO2S2/c1-10(2,8(12)9(13)14)15-5-6-3-4-7(11)16-6/h3-4,8H,5,12H2,1-2H3,(H,13,14)/t8-/m0/s1. The van der Waals surface area contributed by atoms with Crippen molar-refractivity contribution in [1.82, 2.24) is 0 Å². The predicted octanol–water partition coefficient (Wildman–Crippen LogP) is 2.93. The van der Waals surface area contributed by atoms with Gasteiger partial charge in [0.15, 0.2) is 0 Å². The monoisotopic (exact) mass is 323 g/mol. The first-order valence-corrected chi connectivity index (χ1v) is 7.29. The highest BCUT2D eigenvalue weighted by Gasteiger charge is 2.32. The SMILES string of the molecule is CC(C)(SCc1ccc(Br)s1)[C@@H](N)C(=O)O. The molecule has 16 heavy (non-hydrogen) atoms.